The van der Waals surface area contributed by atoms with Crippen LogP contribution in [0.25, 0.3) is 0 Å². The van der Waals surface area contributed by atoms with Crippen molar-refractivity contribution in [1.82, 2.24) is 9.80 Å². The third kappa shape index (κ3) is 6.35. The summed E-state index contributed by atoms with van der Waals surface area (Å²) < 4.78 is 21.6. The first kappa shape index (κ1) is 22.5. The summed E-state index contributed by atoms with van der Waals surface area (Å²) in [5.41, 5.74) is 0.221. The van der Waals surface area contributed by atoms with Crippen LogP contribution in [0.3, 0.4) is 0 Å². The van der Waals surface area contributed by atoms with Crippen molar-refractivity contribution in [1.29, 1.82) is 0 Å². The summed E-state index contributed by atoms with van der Waals surface area (Å²) in [5.74, 6) is -0.435. The molecule has 0 bridgehead atoms. The van der Waals surface area contributed by atoms with Gasteiger partial charge >= 0.3 is 5.97 Å². The SMILES string of the molecule is CCOc1cc(C(=O)O[C@@H](C)C(=O)N(C)C)ccc1OCC(=O)N1CCOCC1. The Morgan fingerprint density at radius 3 is 2.45 bits per heavy atom. The summed E-state index contributed by atoms with van der Waals surface area (Å²) >= 11 is 0. The maximum atomic E-state index is 12.4. The van der Waals surface area contributed by atoms with E-state index in [2.05, 4.69) is 0 Å². The van der Waals surface area contributed by atoms with E-state index in [0.29, 0.717) is 44.4 Å². The van der Waals surface area contributed by atoms with E-state index >= 15 is 0 Å². The second-order valence-corrected chi connectivity index (χ2v) is 6.66. The Balaban J connectivity index is 2.04. The molecule has 160 valence electrons. The van der Waals surface area contributed by atoms with Crippen LogP contribution in [0.1, 0.15) is 24.2 Å². The second kappa shape index (κ2) is 10.7. The number of carbonyl (C=O) groups is 3. The first-order chi connectivity index (χ1) is 13.8. The van der Waals surface area contributed by atoms with Gasteiger partial charge in [-0.25, -0.2) is 4.79 Å². The maximum absolute atomic E-state index is 12.4. The van der Waals surface area contributed by atoms with Gasteiger partial charge in [-0.15, -0.1) is 0 Å². The van der Waals surface area contributed by atoms with E-state index in [1.807, 2.05) is 0 Å². The van der Waals surface area contributed by atoms with Gasteiger partial charge in [0.05, 0.1) is 25.4 Å². The van der Waals surface area contributed by atoms with E-state index in [1.54, 1.807) is 32.0 Å². The molecule has 2 amide bonds. The molecule has 0 unspecified atom stereocenters. The van der Waals surface area contributed by atoms with Crippen molar-refractivity contribution in [3.8, 4) is 11.5 Å². The third-order valence-corrected chi connectivity index (χ3v) is 4.27. The van der Waals surface area contributed by atoms with Crippen LogP contribution in [-0.4, -0.2) is 87.3 Å². The van der Waals surface area contributed by atoms with Crippen molar-refractivity contribution in [2.45, 2.75) is 20.0 Å². The van der Waals surface area contributed by atoms with Crippen molar-refractivity contribution in [2.24, 2.45) is 0 Å². The molecule has 0 aromatic heterocycles. The Kier molecular flexibility index (Phi) is 8.26. The maximum Gasteiger partial charge on any atom is 0.339 e. The Morgan fingerprint density at radius 1 is 1.14 bits per heavy atom. The van der Waals surface area contributed by atoms with Crippen LogP contribution in [0.5, 0.6) is 11.5 Å². The number of hydrogen-bond donors (Lipinski definition) is 0. The lowest BCUT2D eigenvalue weighted by molar-refractivity contribution is -0.137. The predicted octanol–water partition coefficient (Wildman–Crippen LogP) is 0.956. The van der Waals surface area contributed by atoms with Crippen LogP contribution in [-0.2, 0) is 19.1 Å². The molecule has 29 heavy (non-hydrogen) atoms. The number of likely N-dealkylation sites (N-methyl/N-ethyl adjacent to an activating group) is 1. The number of morpholine rings is 1. The summed E-state index contributed by atoms with van der Waals surface area (Å²) in [6.45, 7) is 5.62. The van der Waals surface area contributed by atoms with Crippen LogP contribution < -0.4 is 9.47 Å². The lowest BCUT2D eigenvalue weighted by Gasteiger charge is -2.26. The van der Waals surface area contributed by atoms with E-state index in [9.17, 15) is 14.4 Å². The first-order valence-corrected chi connectivity index (χ1v) is 9.50. The van der Waals surface area contributed by atoms with Crippen LogP contribution >= 0.6 is 0 Å². The van der Waals surface area contributed by atoms with Crippen LogP contribution in [0.2, 0.25) is 0 Å². The molecule has 1 heterocycles. The summed E-state index contributed by atoms with van der Waals surface area (Å²) in [6, 6.07) is 4.53. The largest absolute Gasteiger partial charge is 0.490 e. The molecule has 1 aliphatic rings. The number of amides is 2. The highest BCUT2D eigenvalue weighted by atomic mass is 16.5. The molecule has 1 atom stereocenters. The molecule has 1 aliphatic heterocycles. The summed E-state index contributed by atoms with van der Waals surface area (Å²) in [6.07, 6.45) is -0.907. The molecule has 9 heteroatoms. The molecule has 9 nitrogen and oxygen atoms in total. The number of esters is 1. The third-order valence-electron chi connectivity index (χ3n) is 4.27. The Bertz CT molecular complexity index is 730. The van der Waals surface area contributed by atoms with E-state index in [-0.39, 0.29) is 24.0 Å². The molecule has 1 fully saturated rings. The van der Waals surface area contributed by atoms with Crippen molar-refractivity contribution in [3.05, 3.63) is 23.8 Å². The van der Waals surface area contributed by atoms with E-state index in [1.165, 1.54) is 24.0 Å². The van der Waals surface area contributed by atoms with E-state index in [0.717, 1.165) is 0 Å². The highest BCUT2D eigenvalue weighted by molar-refractivity contribution is 5.92. The van der Waals surface area contributed by atoms with E-state index in [4.69, 9.17) is 18.9 Å². The lowest BCUT2D eigenvalue weighted by Crippen LogP contribution is -2.43. The summed E-state index contributed by atoms with van der Waals surface area (Å²) in [5, 5.41) is 0. The van der Waals surface area contributed by atoms with Crippen molar-refractivity contribution in [3.63, 3.8) is 0 Å². The highest BCUT2D eigenvalue weighted by Gasteiger charge is 2.22. The van der Waals surface area contributed by atoms with Crippen molar-refractivity contribution in [2.75, 3.05) is 53.6 Å². The monoisotopic (exact) mass is 408 g/mol. The quantitative estimate of drug-likeness (QED) is 0.591. The average molecular weight is 408 g/mol. The van der Waals surface area contributed by atoms with Gasteiger partial charge in [0.1, 0.15) is 0 Å². The van der Waals surface area contributed by atoms with Crippen molar-refractivity contribution >= 4 is 17.8 Å². The van der Waals surface area contributed by atoms with Gasteiger partial charge in [0.2, 0.25) is 0 Å². The Hall–Kier alpha value is -2.81. The first-order valence-electron chi connectivity index (χ1n) is 9.50. The van der Waals surface area contributed by atoms with Crippen LogP contribution in [0.15, 0.2) is 18.2 Å². The highest BCUT2D eigenvalue weighted by Crippen LogP contribution is 2.29. The number of ether oxygens (including phenoxy) is 4. The molecule has 0 spiro atoms. The Labute approximate surface area is 170 Å². The fourth-order valence-corrected chi connectivity index (χ4v) is 2.71. The van der Waals surface area contributed by atoms with Gasteiger partial charge in [0.25, 0.3) is 11.8 Å². The Morgan fingerprint density at radius 2 is 1.83 bits per heavy atom. The molecule has 0 N–H and O–H groups in total. The molecule has 2 rings (SSSR count). The predicted molar refractivity (Wildman–Crippen MR) is 104 cm³/mol. The summed E-state index contributed by atoms with van der Waals surface area (Å²) in [4.78, 5) is 39.5. The van der Waals surface area contributed by atoms with Gasteiger partial charge in [-0.1, -0.05) is 0 Å². The van der Waals surface area contributed by atoms with Gasteiger partial charge in [-0.05, 0) is 32.0 Å². The van der Waals surface area contributed by atoms with Gasteiger partial charge < -0.3 is 28.7 Å². The molecule has 1 aromatic rings. The number of rotatable bonds is 8. The zero-order valence-electron chi connectivity index (χ0n) is 17.3. The standard InChI is InChI=1S/C20H28N2O7/c1-5-27-17-12-15(20(25)29-14(2)19(24)21(3)4)6-7-16(17)28-13-18(23)22-8-10-26-11-9-22/h6-7,12,14H,5,8-11,13H2,1-4H3/t14-/m0/s1. The smallest absolute Gasteiger partial charge is 0.339 e. The summed E-state index contributed by atoms with van der Waals surface area (Å²) in [7, 11) is 3.18. The van der Waals surface area contributed by atoms with Crippen LogP contribution in [0, 0.1) is 0 Å². The molecule has 1 saturated heterocycles. The lowest BCUT2D eigenvalue weighted by atomic mass is 10.2. The van der Waals surface area contributed by atoms with Gasteiger partial charge in [-0.3, -0.25) is 9.59 Å². The number of carbonyl (C=O) groups excluding carboxylic acids is 3. The van der Waals surface area contributed by atoms with Crippen LogP contribution in [0.4, 0.5) is 0 Å². The fraction of sp³-hybridized carbons (Fsp3) is 0.550. The molecule has 0 saturated carbocycles. The molecular weight excluding hydrogens is 380 g/mol. The molecule has 0 radical (unpaired) electrons. The van der Waals surface area contributed by atoms with Gasteiger partial charge in [-0.2, -0.15) is 0 Å². The topological polar surface area (TPSA) is 94.6 Å². The zero-order chi connectivity index (χ0) is 21.4. The zero-order valence-corrected chi connectivity index (χ0v) is 17.3. The van der Waals surface area contributed by atoms with Gasteiger partial charge in [0, 0.05) is 27.2 Å². The normalized spacial score (nSPS) is 14.7. The number of hydrogen-bond acceptors (Lipinski definition) is 7. The average Bonchev–Trinajstić information content (AvgIpc) is 2.72. The van der Waals surface area contributed by atoms with E-state index < -0.39 is 12.1 Å². The molecule has 0 aliphatic carbocycles. The number of benzene rings is 1. The fourth-order valence-electron chi connectivity index (χ4n) is 2.71. The van der Waals surface area contributed by atoms with Gasteiger partial charge in [0.15, 0.2) is 24.2 Å². The number of nitrogens with zero attached hydrogens (tertiary/aromatic N) is 2. The minimum absolute atomic E-state index is 0.141. The minimum atomic E-state index is -0.907. The minimum Gasteiger partial charge on any atom is -0.490 e. The van der Waals surface area contributed by atoms with Crippen molar-refractivity contribution < 1.29 is 33.3 Å². The second-order valence-electron chi connectivity index (χ2n) is 6.66. The molecule has 1 aromatic carbocycles. The molecular formula is C20H28N2O7.